The minimum absolute atomic E-state index is 0.106. The van der Waals surface area contributed by atoms with Gasteiger partial charge in [0.2, 0.25) is 0 Å². The average molecular weight is 1150 g/mol. The van der Waals surface area contributed by atoms with Crippen LogP contribution in [0.25, 0.3) is 0 Å². The number of carbonyl (C=O) groups excluding carboxylic acids is 3. The molecule has 0 aliphatic rings. The highest BCUT2D eigenvalue weighted by Crippen LogP contribution is 2.16. The Morgan fingerprint density at radius 1 is 0.253 bits per heavy atom. The molecule has 0 aliphatic heterocycles. The third-order valence-corrected chi connectivity index (χ3v) is 14.6. The molecule has 0 bridgehead atoms. The van der Waals surface area contributed by atoms with Gasteiger partial charge in [-0.2, -0.15) is 0 Å². The van der Waals surface area contributed by atoms with Crippen LogP contribution in [0.15, 0.2) is 134 Å². The summed E-state index contributed by atoms with van der Waals surface area (Å²) in [7, 11) is 0. The fourth-order valence-corrected chi connectivity index (χ4v) is 9.43. The quantitative estimate of drug-likeness (QED) is 0.0261. The molecular weight excluding hydrogens is 1020 g/mol. The van der Waals surface area contributed by atoms with Gasteiger partial charge in [-0.1, -0.05) is 296 Å². The predicted octanol–water partition coefficient (Wildman–Crippen LogP) is 24.1. The third kappa shape index (κ3) is 68.2. The molecule has 0 aromatic heterocycles. The lowest BCUT2D eigenvalue weighted by Gasteiger charge is -2.18. The molecular formula is C77H128O6. The second-order valence-electron chi connectivity index (χ2n) is 22.7. The normalized spacial score (nSPS) is 13.0. The molecule has 0 aliphatic carbocycles. The highest BCUT2D eigenvalue weighted by molar-refractivity contribution is 5.71. The van der Waals surface area contributed by atoms with Gasteiger partial charge in [0.1, 0.15) is 13.2 Å². The van der Waals surface area contributed by atoms with E-state index < -0.39 is 6.10 Å². The van der Waals surface area contributed by atoms with Crippen LogP contribution in [0.3, 0.4) is 0 Å². The van der Waals surface area contributed by atoms with E-state index >= 15 is 0 Å². The number of unbranched alkanes of at least 4 members (excludes halogenated alkanes) is 29. The van der Waals surface area contributed by atoms with Crippen molar-refractivity contribution in [1.29, 1.82) is 0 Å². The highest BCUT2D eigenvalue weighted by Gasteiger charge is 2.19. The van der Waals surface area contributed by atoms with Crippen LogP contribution in [0.1, 0.15) is 316 Å². The number of ether oxygens (including phenoxy) is 3. The van der Waals surface area contributed by atoms with Gasteiger partial charge in [0, 0.05) is 19.3 Å². The topological polar surface area (TPSA) is 78.9 Å². The first kappa shape index (κ1) is 78.5. The summed E-state index contributed by atoms with van der Waals surface area (Å²) in [5.41, 5.74) is 0. The Labute approximate surface area is 513 Å². The van der Waals surface area contributed by atoms with Gasteiger partial charge in [-0.3, -0.25) is 14.4 Å². The first-order valence-corrected chi connectivity index (χ1v) is 34.7. The van der Waals surface area contributed by atoms with Gasteiger partial charge in [0.05, 0.1) is 0 Å². The van der Waals surface area contributed by atoms with Crippen LogP contribution in [0, 0.1) is 0 Å². The van der Waals surface area contributed by atoms with E-state index in [0.717, 1.165) is 116 Å². The van der Waals surface area contributed by atoms with Crippen LogP contribution < -0.4 is 0 Å². The Morgan fingerprint density at radius 3 is 0.795 bits per heavy atom. The Morgan fingerprint density at radius 2 is 0.482 bits per heavy atom. The smallest absolute Gasteiger partial charge is 0.306 e. The number of hydrogen-bond acceptors (Lipinski definition) is 6. The molecule has 472 valence electrons. The Hall–Kier alpha value is -4.45. The van der Waals surface area contributed by atoms with Gasteiger partial charge in [-0.25, -0.2) is 0 Å². The van der Waals surface area contributed by atoms with E-state index in [1.54, 1.807) is 0 Å². The summed E-state index contributed by atoms with van der Waals surface area (Å²) in [6, 6.07) is 0. The summed E-state index contributed by atoms with van der Waals surface area (Å²) in [6.07, 6.45) is 99.1. The number of esters is 3. The standard InChI is InChI=1S/C77H128O6/c1-4-7-10-13-16-19-22-25-27-29-31-33-35-36-37-38-39-40-42-43-45-47-49-52-55-58-61-64-67-70-76(79)82-73-74(72-81-75(78)69-66-63-60-57-54-51-24-21-18-15-12-9-6-3)83-77(80)71-68-65-62-59-56-53-50-48-46-44-41-34-32-30-28-26-23-20-17-14-11-8-5-2/h8,11,17,20-22,24-26,28-29,31-32,34-36,44,46,50,53,59,62,74H,4-7,9-10,12-16,18-19,23,27,30,33,37-43,45,47-49,51-52,54-58,60-61,63-73H2,1-3H3/b11-8-,20-17-,24-21-,25-22-,28-26-,31-29-,34-32-,36-35-,46-44-,53-50-,62-59-. The number of rotatable bonds is 62. The SMILES string of the molecule is CC/C=C\C/C=C\C/C=C\C/C=C\C/C=C\C/C=C\C/C=C\CCCC(=O)OC(COC(=O)CCCCCCC/C=C\CCCCCC)COC(=O)CCCCCCCCCCCCCCCC/C=C\C/C=C\C/C=C\CCCCCCC. The Balaban J connectivity index is 4.37. The van der Waals surface area contributed by atoms with Crippen molar-refractivity contribution in [2.45, 2.75) is 322 Å². The molecule has 6 heteroatoms. The molecule has 1 atom stereocenters. The number of allylic oxidation sites excluding steroid dienone is 22. The molecule has 0 saturated heterocycles. The summed E-state index contributed by atoms with van der Waals surface area (Å²) in [5.74, 6) is -0.971. The summed E-state index contributed by atoms with van der Waals surface area (Å²) in [6.45, 7) is 6.46. The second-order valence-corrected chi connectivity index (χ2v) is 22.7. The zero-order valence-electron chi connectivity index (χ0n) is 54.2. The van der Waals surface area contributed by atoms with Gasteiger partial charge in [0.15, 0.2) is 6.10 Å². The van der Waals surface area contributed by atoms with E-state index in [0.29, 0.717) is 19.3 Å². The maximum atomic E-state index is 12.9. The minimum atomic E-state index is -0.818. The van der Waals surface area contributed by atoms with Gasteiger partial charge < -0.3 is 14.2 Å². The van der Waals surface area contributed by atoms with Gasteiger partial charge >= 0.3 is 17.9 Å². The monoisotopic (exact) mass is 1150 g/mol. The van der Waals surface area contributed by atoms with Gasteiger partial charge in [0.25, 0.3) is 0 Å². The van der Waals surface area contributed by atoms with Crippen molar-refractivity contribution in [3.05, 3.63) is 134 Å². The fraction of sp³-hybridized carbons (Fsp3) is 0.675. The lowest BCUT2D eigenvalue weighted by atomic mass is 10.0. The van der Waals surface area contributed by atoms with Crippen LogP contribution in [-0.4, -0.2) is 37.2 Å². The molecule has 0 aromatic rings. The molecule has 0 aromatic carbocycles. The van der Waals surface area contributed by atoms with Crippen molar-refractivity contribution in [3.63, 3.8) is 0 Å². The molecule has 0 saturated carbocycles. The first-order chi connectivity index (χ1) is 41.0. The predicted molar refractivity (Wildman–Crippen MR) is 362 cm³/mol. The van der Waals surface area contributed by atoms with E-state index in [2.05, 4.69) is 154 Å². The van der Waals surface area contributed by atoms with Crippen LogP contribution in [-0.2, 0) is 28.6 Å². The molecule has 0 heterocycles. The van der Waals surface area contributed by atoms with E-state index in [4.69, 9.17) is 14.2 Å². The van der Waals surface area contributed by atoms with Crippen molar-refractivity contribution in [2.75, 3.05) is 13.2 Å². The maximum Gasteiger partial charge on any atom is 0.306 e. The molecule has 0 radical (unpaired) electrons. The molecule has 0 N–H and O–H groups in total. The average Bonchev–Trinajstić information content (AvgIpc) is 3.49. The van der Waals surface area contributed by atoms with Crippen molar-refractivity contribution in [1.82, 2.24) is 0 Å². The molecule has 0 fully saturated rings. The highest BCUT2D eigenvalue weighted by atomic mass is 16.6. The van der Waals surface area contributed by atoms with Crippen molar-refractivity contribution >= 4 is 17.9 Å². The molecule has 6 nitrogen and oxygen atoms in total. The summed E-state index contributed by atoms with van der Waals surface area (Å²) in [4.78, 5) is 38.4. The zero-order chi connectivity index (χ0) is 59.9. The lowest BCUT2D eigenvalue weighted by Crippen LogP contribution is -2.30. The summed E-state index contributed by atoms with van der Waals surface area (Å²) in [5, 5.41) is 0. The first-order valence-electron chi connectivity index (χ1n) is 34.7. The van der Waals surface area contributed by atoms with Crippen molar-refractivity contribution in [2.24, 2.45) is 0 Å². The largest absolute Gasteiger partial charge is 0.462 e. The lowest BCUT2D eigenvalue weighted by molar-refractivity contribution is -0.167. The third-order valence-electron chi connectivity index (χ3n) is 14.6. The minimum Gasteiger partial charge on any atom is -0.462 e. The van der Waals surface area contributed by atoms with Crippen LogP contribution in [0.4, 0.5) is 0 Å². The molecule has 1 unspecified atom stereocenters. The van der Waals surface area contributed by atoms with E-state index in [9.17, 15) is 14.4 Å². The molecule has 83 heavy (non-hydrogen) atoms. The van der Waals surface area contributed by atoms with E-state index in [-0.39, 0.29) is 37.5 Å². The molecule has 0 spiro atoms. The van der Waals surface area contributed by atoms with Crippen molar-refractivity contribution < 1.29 is 28.6 Å². The number of carbonyl (C=O) groups is 3. The fourth-order valence-electron chi connectivity index (χ4n) is 9.43. The van der Waals surface area contributed by atoms with Crippen LogP contribution in [0.2, 0.25) is 0 Å². The zero-order valence-corrected chi connectivity index (χ0v) is 54.2. The number of hydrogen-bond donors (Lipinski definition) is 0. The van der Waals surface area contributed by atoms with Gasteiger partial charge in [-0.15, -0.1) is 0 Å². The Bertz CT molecular complexity index is 1750. The van der Waals surface area contributed by atoms with Gasteiger partial charge in [-0.05, 0) is 135 Å². The van der Waals surface area contributed by atoms with Crippen LogP contribution in [0.5, 0.6) is 0 Å². The van der Waals surface area contributed by atoms with Crippen LogP contribution >= 0.6 is 0 Å². The summed E-state index contributed by atoms with van der Waals surface area (Å²) < 4.78 is 16.9. The molecule has 0 amide bonds. The van der Waals surface area contributed by atoms with E-state index in [1.807, 2.05) is 0 Å². The Kier molecular flexibility index (Phi) is 66.3. The summed E-state index contributed by atoms with van der Waals surface area (Å²) >= 11 is 0. The maximum absolute atomic E-state index is 12.9. The van der Waals surface area contributed by atoms with E-state index in [1.165, 1.54) is 154 Å². The second kappa shape index (κ2) is 70.0. The van der Waals surface area contributed by atoms with Crippen molar-refractivity contribution in [3.8, 4) is 0 Å². The molecule has 0 rings (SSSR count).